The number of halogens is 1. The highest BCUT2D eigenvalue weighted by atomic mass is 79.9. The molecular formula is C11H15BrN2OS. The summed E-state index contributed by atoms with van der Waals surface area (Å²) < 4.78 is 6.65. The van der Waals surface area contributed by atoms with E-state index in [1.54, 1.807) is 11.8 Å². The lowest BCUT2D eigenvalue weighted by Gasteiger charge is -2.23. The number of nitrogens with one attached hydrogen (secondary N) is 1. The number of nitrogens with two attached hydrogens (primary N) is 1. The summed E-state index contributed by atoms with van der Waals surface area (Å²) in [6, 6.07) is 5.99. The maximum Gasteiger partial charge on any atom is 0.0793 e. The summed E-state index contributed by atoms with van der Waals surface area (Å²) in [5.41, 5.74) is 6.75. The lowest BCUT2D eigenvalue weighted by molar-refractivity contribution is 0.0441. The smallest absolute Gasteiger partial charge is 0.0793 e. The van der Waals surface area contributed by atoms with Gasteiger partial charge >= 0.3 is 0 Å². The van der Waals surface area contributed by atoms with Gasteiger partial charge < -0.3 is 15.8 Å². The molecule has 3 nitrogen and oxygen atoms in total. The summed E-state index contributed by atoms with van der Waals surface area (Å²) in [6.07, 6.45) is 0.293. The van der Waals surface area contributed by atoms with Gasteiger partial charge in [0.2, 0.25) is 0 Å². The molecule has 1 aliphatic heterocycles. The van der Waals surface area contributed by atoms with Crippen LogP contribution in [-0.2, 0) is 4.74 Å². The standard InChI is InChI=1S/C11H15BrN2OS/c12-8-1-2-11(10(13)5-8)16-7-9-6-14-3-4-15-9/h1-2,5,9,14H,3-4,6-7,13H2. The van der Waals surface area contributed by atoms with Crippen LogP contribution < -0.4 is 11.1 Å². The van der Waals surface area contributed by atoms with E-state index in [0.717, 1.165) is 40.5 Å². The van der Waals surface area contributed by atoms with Crippen molar-refractivity contribution in [3.8, 4) is 0 Å². The zero-order valence-electron chi connectivity index (χ0n) is 8.91. The maximum absolute atomic E-state index is 5.93. The summed E-state index contributed by atoms with van der Waals surface area (Å²) in [5.74, 6) is 0.943. The van der Waals surface area contributed by atoms with E-state index in [0.29, 0.717) is 6.10 Å². The van der Waals surface area contributed by atoms with Crippen molar-refractivity contribution in [2.45, 2.75) is 11.0 Å². The first-order chi connectivity index (χ1) is 7.75. The molecule has 1 aromatic carbocycles. The first kappa shape index (κ1) is 12.2. The summed E-state index contributed by atoms with van der Waals surface area (Å²) in [6.45, 7) is 2.70. The molecule has 1 saturated heterocycles. The third kappa shape index (κ3) is 3.38. The van der Waals surface area contributed by atoms with E-state index in [-0.39, 0.29) is 0 Å². The van der Waals surface area contributed by atoms with E-state index in [4.69, 9.17) is 10.5 Å². The zero-order chi connectivity index (χ0) is 11.4. The molecule has 0 aromatic heterocycles. The highest BCUT2D eigenvalue weighted by Gasteiger charge is 2.14. The van der Waals surface area contributed by atoms with E-state index in [1.807, 2.05) is 18.2 Å². The number of thioether (sulfide) groups is 1. The van der Waals surface area contributed by atoms with E-state index < -0.39 is 0 Å². The van der Waals surface area contributed by atoms with Crippen LogP contribution in [0, 0.1) is 0 Å². The number of anilines is 1. The molecule has 5 heteroatoms. The van der Waals surface area contributed by atoms with Gasteiger partial charge in [-0.3, -0.25) is 0 Å². The average molecular weight is 303 g/mol. The Morgan fingerprint density at radius 1 is 1.56 bits per heavy atom. The van der Waals surface area contributed by atoms with Crippen LogP contribution in [0.25, 0.3) is 0 Å². The molecule has 88 valence electrons. The Kier molecular flexibility index (Phi) is 4.52. The van der Waals surface area contributed by atoms with Crippen molar-refractivity contribution in [2.75, 3.05) is 31.2 Å². The van der Waals surface area contributed by atoms with Crippen LogP contribution in [0.2, 0.25) is 0 Å². The molecule has 2 rings (SSSR count). The molecule has 0 amide bonds. The Morgan fingerprint density at radius 2 is 2.44 bits per heavy atom. The van der Waals surface area contributed by atoms with Gasteiger partial charge in [0.15, 0.2) is 0 Å². The number of nitrogen functional groups attached to an aromatic ring is 1. The first-order valence-corrected chi connectivity index (χ1v) is 7.04. The van der Waals surface area contributed by atoms with E-state index in [1.165, 1.54) is 0 Å². The number of rotatable bonds is 3. The van der Waals surface area contributed by atoms with E-state index in [9.17, 15) is 0 Å². The van der Waals surface area contributed by atoms with Gasteiger partial charge in [0.05, 0.1) is 12.7 Å². The molecule has 1 fully saturated rings. The summed E-state index contributed by atoms with van der Waals surface area (Å²) in [4.78, 5) is 1.12. The molecule has 3 N–H and O–H groups in total. The van der Waals surface area contributed by atoms with Gasteiger partial charge in [-0.1, -0.05) is 15.9 Å². The summed E-state index contributed by atoms with van der Waals surface area (Å²) in [5, 5.41) is 3.32. The second-order valence-corrected chi connectivity index (χ2v) is 5.67. The molecule has 0 bridgehead atoms. The first-order valence-electron chi connectivity index (χ1n) is 5.26. The molecule has 1 aromatic rings. The van der Waals surface area contributed by atoms with Crippen LogP contribution in [0.3, 0.4) is 0 Å². The number of ether oxygens (including phenoxy) is 1. The second kappa shape index (κ2) is 5.91. The Hall–Kier alpha value is -0.230. The minimum Gasteiger partial charge on any atom is -0.398 e. The van der Waals surface area contributed by atoms with Crippen LogP contribution >= 0.6 is 27.7 Å². The highest BCUT2D eigenvalue weighted by Crippen LogP contribution is 2.28. The van der Waals surface area contributed by atoms with Crippen molar-refractivity contribution in [2.24, 2.45) is 0 Å². The molecule has 1 unspecified atom stereocenters. The monoisotopic (exact) mass is 302 g/mol. The molecular weight excluding hydrogens is 288 g/mol. The van der Waals surface area contributed by atoms with Gasteiger partial charge in [0.1, 0.15) is 0 Å². The third-order valence-corrected chi connectivity index (χ3v) is 4.12. The van der Waals surface area contributed by atoms with Gasteiger partial charge in [-0.15, -0.1) is 11.8 Å². The molecule has 1 heterocycles. The largest absolute Gasteiger partial charge is 0.398 e. The summed E-state index contributed by atoms with van der Waals surface area (Å²) in [7, 11) is 0. The second-order valence-electron chi connectivity index (χ2n) is 3.69. The third-order valence-electron chi connectivity index (χ3n) is 2.40. The van der Waals surface area contributed by atoms with Crippen LogP contribution in [-0.4, -0.2) is 31.6 Å². The fourth-order valence-electron chi connectivity index (χ4n) is 1.56. The van der Waals surface area contributed by atoms with E-state index >= 15 is 0 Å². The van der Waals surface area contributed by atoms with Gasteiger partial charge in [0.25, 0.3) is 0 Å². The van der Waals surface area contributed by atoms with Crippen molar-refractivity contribution >= 4 is 33.4 Å². The van der Waals surface area contributed by atoms with Crippen molar-refractivity contribution in [1.82, 2.24) is 5.32 Å². The predicted octanol–water partition coefficient (Wildman–Crippen LogP) is 2.11. The molecule has 1 atom stereocenters. The molecule has 0 saturated carbocycles. The van der Waals surface area contributed by atoms with Crippen molar-refractivity contribution in [1.29, 1.82) is 0 Å². The Labute approximate surface area is 108 Å². The Bertz CT molecular complexity index is 356. The van der Waals surface area contributed by atoms with Gasteiger partial charge in [-0.05, 0) is 18.2 Å². The average Bonchev–Trinajstić information content (AvgIpc) is 2.29. The number of morpholine rings is 1. The Morgan fingerprint density at radius 3 is 3.12 bits per heavy atom. The minimum absolute atomic E-state index is 0.293. The van der Waals surface area contributed by atoms with Crippen molar-refractivity contribution < 1.29 is 4.74 Å². The van der Waals surface area contributed by atoms with Gasteiger partial charge in [-0.25, -0.2) is 0 Å². The molecule has 0 radical (unpaired) electrons. The predicted molar refractivity (Wildman–Crippen MR) is 71.9 cm³/mol. The fraction of sp³-hybridized carbons (Fsp3) is 0.455. The van der Waals surface area contributed by atoms with Gasteiger partial charge in [-0.2, -0.15) is 0 Å². The minimum atomic E-state index is 0.293. The van der Waals surface area contributed by atoms with Crippen LogP contribution in [0.5, 0.6) is 0 Å². The number of hydrogen-bond acceptors (Lipinski definition) is 4. The maximum atomic E-state index is 5.93. The van der Waals surface area contributed by atoms with Crippen LogP contribution in [0.4, 0.5) is 5.69 Å². The van der Waals surface area contributed by atoms with Crippen molar-refractivity contribution in [3.05, 3.63) is 22.7 Å². The van der Waals surface area contributed by atoms with Crippen LogP contribution in [0.15, 0.2) is 27.6 Å². The molecule has 0 spiro atoms. The summed E-state index contributed by atoms with van der Waals surface area (Å²) >= 11 is 5.15. The quantitative estimate of drug-likeness (QED) is 0.663. The normalized spacial score (nSPS) is 20.9. The number of benzene rings is 1. The van der Waals surface area contributed by atoms with Crippen molar-refractivity contribution in [3.63, 3.8) is 0 Å². The molecule has 16 heavy (non-hydrogen) atoms. The van der Waals surface area contributed by atoms with Gasteiger partial charge in [0, 0.05) is 33.9 Å². The SMILES string of the molecule is Nc1cc(Br)ccc1SCC1CNCCO1. The van der Waals surface area contributed by atoms with Crippen LogP contribution in [0.1, 0.15) is 0 Å². The Balaban J connectivity index is 1.88. The number of hydrogen-bond donors (Lipinski definition) is 2. The fourth-order valence-corrected chi connectivity index (χ4v) is 2.91. The lowest BCUT2D eigenvalue weighted by atomic mass is 10.3. The lowest BCUT2D eigenvalue weighted by Crippen LogP contribution is -2.39. The van der Waals surface area contributed by atoms with E-state index in [2.05, 4.69) is 21.2 Å². The molecule has 0 aliphatic carbocycles. The zero-order valence-corrected chi connectivity index (χ0v) is 11.3. The topological polar surface area (TPSA) is 47.3 Å². The molecule has 1 aliphatic rings. The highest BCUT2D eigenvalue weighted by molar-refractivity contribution is 9.10.